The molecule has 2 N–H and O–H groups in total. The van der Waals surface area contributed by atoms with E-state index in [1.165, 1.54) is 24.3 Å². The second kappa shape index (κ2) is 5.39. The van der Waals surface area contributed by atoms with E-state index in [1.807, 2.05) is 0 Å². The van der Waals surface area contributed by atoms with E-state index in [-0.39, 0.29) is 56.6 Å². The van der Waals surface area contributed by atoms with E-state index in [0.717, 1.165) is 0 Å². The van der Waals surface area contributed by atoms with Crippen molar-refractivity contribution in [2.75, 3.05) is 0 Å². The van der Waals surface area contributed by atoms with E-state index in [1.54, 1.807) is 0 Å². The molecule has 0 unspecified atom stereocenters. The van der Waals surface area contributed by atoms with Gasteiger partial charge in [-0.2, -0.15) is 0 Å². The molecule has 0 aliphatic heterocycles. The van der Waals surface area contributed by atoms with Crippen LogP contribution in [0.3, 0.4) is 0 Å². The molecule has 1 aromatic carbocycles. The molecule has 13 heavy (non-hydrogen) atoms. The molecule has 0 saturated heterocycles. The van der Waals surface area contributed by atoms with E-state index in [2.05, 4.69) is 0 Å². The zero-order chi connectivity index (χ0) is 9.14. The molecule has 66 valence electrons. The fraction of sp³-hybridized carbons (Fsp3) is 0. The van der Waals surface area contributed by atoms with Crippen LogP contribution in [0.4, 0.5) is 0 Å². The second-order valence-electron chi connectivity index (χ2n) is 2.16. The quantitative estimate of drug-likeness (QED) is 0.739. The topological polar surface area (TPSA) is 74.6 Å². The fourth-order valence-electron chi connectivity index (χ4n) is 0.856. The average molecular weight is 256 g/mol. The van der Waals surface area contributed by atoms with Gasteiger partial charge in [0, 0.05) is 0 Å². The van der Waals surface area contributed by atoms with Crippen LogP contribution in [-0.2, 0) is 0 Å². The van der Waals surface area contributed by atoms with Gasteiger partial charge >= 0.3 is 57.4 Å². The van der Waals surface area contributed by atoms with Crippen LogP contribution in [0.2, 0.25) is 0 Å². The van der Waals surface area contributed by atoms with Crippen molar-refractivity contribution in [1.29, 1.82) is 0 Å². The molecule has 0 aliphatic rings. The molecule has 0 saturated carbocycles. The third-order valence-electron chi connectivity index (χ3n) is 1.39. The van der Waals surface area contributed by atoms with E-state index in [0.29, 0.717) is 0 Å². The molecule has 0 radical (unpaired) electrons. The average Bonchev–Trinajstić information content (AvgIpc) is 2.04. The summed E-state index contributed by atoms with van der Waals surface area (Å²) in [5, 5.41) is 17.1. The Bertz CT molecular complexity index is 302. The Morgan fingerprint density at radius 1 is 0.923 bits per heavy atom. The van der Waals surface area contributed by atoms with Gasteiger partial charge in [-0.15, -0.1) is 0 Å². The molecule has 0 heterocycles. The summed E-state index contributed by atoms with van der Waals surface area (Å²) in [7, 11) is 0. The molecular weight excluding hydrogens is 248 g/mol. The molecule has 1 rings (SSSR count). The van der Waals surface area contributed by atoms with E-state index < -0.39 is 11.9 Å². The minimum absolute atomic E-state index is 0. The van der Waals surface area contributed by atoms with Gasteiger partial charge in [-0.1, -0.05) is 12.1 Å². The van der Waals surface area contributed by atoms with Gasteiger partial charge in [0.05, 0.1) is 11.1 Å². The Kier molecular flexibility index (Phi) is 5.24. The first-order valence-electron chi connectivity index (χ1n) is 3.18. The van der Waals surface area contributed by atoms with Crippen LogP contribution in [0.15, 0.2) is 24.3 Å². The van der Waals surface area contributed by atoms with Crippen molar-refractivity contribution in [3.05, 3.63) is 35.4 Å². The molecule has 0 spiro atoms. The van der Waals surface area contributed by atoms with Gasteiger partial charge in [-0.05, 0) is 12.1 Å². The van der Waals surface area contributed by atoms with Crippen molar-refractivity contribution in [2.45, 2.75) is 0 Å². The molecule has 0 atom stereocenters. The zero-order valence-corrected chi connectivity index (χ0v) is 6.02. The fourth-order valence-corrected chi connectivity index (χ4v) is 0.856. The number of carbonyl (C=O) groups is 2. The van der Waals surface area contributed by atoms with E-state index in [4.69, 9.17) is 10.2 Å². The maximum absolute atomic E-state index is 10.5. The standard InChI is InChI=1S/C8H6O4.Sr.2H/c9-7(10)5-3-1-2-4-6(5)8(11)12;;;/h1-4H,(H,9,10)(H,11,12);;;. The zero-order valence-electron chi connectivity index (χ0n) is 6.02. The predicted molar refractivity (Wildman–Crippen MR) is 48.9 cm³/mol. The van der Waals surface area contributed by atoms with Gasteiger partial charge in [0.2, 0.25) is 0 Å². The Morgan fingerprint density at radius 2 is 1.23 bits per heavy atom. The first-order valence-corrected chi connectivity index (χ1v) is 3.18. The van der Waals surface area contributed by atoms with Gasteiger partial charge in [0.15, 0.2) is 0 Å². The van der Waals surface area contributed by atoms with Crippen LogP contribution in [0.5, 0.6) is 0 Å². The molecule has 1 aromatic rings. The molecule has 0 fully saturated rings. The van der Waals surface area contributed by atoms with Crippen molar-refractivity contribution >= 4 is 57.4 Å². The number of hydrogen-bond donors (Lipinski definition) is 2. The molecular formula is C8H8O4Sr. The van der Waals surface area contributed by atoms with Gasteiger partial charge in [0.25, 0.3) is 0 Å². The number of rotatable bonds is 2. The van der Waals surface area contributed by atoms with Gasteiger partial charge in [-0.25, -0.2) is 9.59 Å². The molecule has 0 aromatic heterocycles. The van der Waals surface area contributed by atoms with Crippen LogP contribution in [0.25, 0.3) is 0 Å². The summed E-state index contributed by atoms with van der Waals surface area (Å²) in [5.41, 5.74) is -0.380. The Balaban J connectivity index is 0.00000144. The predicted octanol–water partition coefficient (Wildman–Crippen LogP) is 0.167. The summed E-state index contributed by atoms with van der Waals surface area (Å²) in [6, 6.07) is 5.48. The first-order chi connectivity index (χ1) is 5.63. The van der Waals surface area contributed by atoms with E-state index in [9.17, 15) is 9.59 Å². The summed E-state index contributed by atoms with van der Waals surface area (Å²) in [5.74, 6) is -2.46. The molecule has 5 heteroatoms. The van der Waals surface area contributed by atoms with Gasteiger partial charge in [-0.3, -0.25) is 0 Å². The van der Waals surface area contributed by atoms with Gasteiger partial charge < -0.3 is 10.2 Å². The summed E-state index contributed by atoms with van der Waals surface area (Å²) in [4.78, 5) is 20.9. The van der Waals surface area contributed by atoms with Crippen molar-refractivity contribution in [1.82, 2.24) is 0 Å². The van der Waals surface area contributed by atoms with Crippen molar-refractivity contribution < 1.29 is 19.8 Å². The summed E-state index contributed by atoms with van der Waals surface area (Å²) in [6.45, 7) is 0. The maximum atomic E-state index is 10.5. The van der Waals surface area contributed by atoms with Crippen LogP contribution >= 0.6 is 0 Å². The number of aromatic carboxylic acids is 2. The van der Waals surface area contributed by atoms with Crippen molar-refractivity contribution in [3.63, 3.8) is 0 Å². The van der Waals surface area contributed by atoms with Crippen LogP contribution in [0, 0.1) is 0 Å². The number of hydrogen-bond acceptors (Lipinski definition) is 2. The summed E-state index contributed by atoms with van der Waals surface area (Å²) < 4.78 is 0. The van der Waals surface area contributed by atoms with Crippen LogP contribution in [0.1, 0.15) is 20.7 Å². The van der Waals surface area contributed by atoms with Crippen molar-refractivity contribution in [2.24, 2.45) is 0 Å². The number of carboxylic acids is 2. The monoisotopic (exact) mass is 256 g/mol. The summed E-state index contributed by atoms with van der Waals surface area (Å²) in [6.07, 6.45) is 0. The third-order valence-corrected chi connectivity index (χ3v) is 1.39. The number of benzene rings is 1. The Labute approximate surface area is 111 Å². The Hall–Kier alpha value is -0.359. The molecule has 0 amide bonds. The normalized spacial score (nSPS) is 8.62. The molecule has 0 bridgehead atoms. The Morgan fingerprint density at radius 3 is 1.46 bits per heavy atom. The van der Waals surface area contributed by atoms with E-state index >= 15 is 0 Å². The second-order valence-corrected chi connectivity index (χ2v) is 2.16. The van der Waals surface area contributed by atoms with Gasteiger partial charge in [0.1, 0.15) is 0 Å². The first kappa shape index (κ1) is 12.6. The minimum atomic E-state index is -1.23. The van der Waals surface area contributed by atoms with Crippen LogP contribution in [-0.4, -0.2) is 67.6 Å². The van der Waals surface area contributed by atoms with Crippen molar-refractivity contribution in [3.8, 4) is 0 Å². The third kappa shape index (κ3) is 3.11. The molecule has 4 nitrogen and oxygen atoms in total. The number of carboxylic acid groups (broad SMARTS) is 2. The summed E-state index contributed by atoms with van der Waals surface area (Å²) >= 11 is 0. The van der Waals surface area contributed by atoms with Crippen LogP contribution < -0.4 is 0 Å². The molecule has 0 aliphatic carbocycles. The SMILES string of the molecule is O=C(O)c1ccccc1C(=O)O.[SrH2].